The van der Waals surface area contributed by atoms with Crippen LogP contribution in [0.25, 0.3) is 0 Å². The molecular formula is C15H24ClN3OS. The quantitative estimate of drug-likeness (QED) is 0.712. The Balaban J connectivity index is 2.80. The van der Waals surface area contributed by atoms with E-state index in [-0.39, 0.29) is 10.7 Å². The van der Waals surface area contributed by atoms with Crippen LogP contribution >= 0.6 is 23.4 Å². The first-order valence-corrected chi connectivity index (χ1v) is 8.85. The Bertz CT molecular complexity index is 470. The highest BCUT2D eigenvalue weighted by Crippen LogP contribution is 2.29. The minimum absolute atomic E-state index is 0.0942. The predicted molar refractivity (Wildman–Crippen MR) is 92.6 cm³/mol. The van der Waals surface area contributed by atoms with E-state index in [0.29, 0.717) is 23.1 Å². The van der Waals surface area contributed by atoms with Crippen molar-refractivity contribution in [3.63, 3.8) is 0 Å². The number of aromatic nitrogens is 1. The number of pyridine rings is 1. The van der Waals surface area contributed by atoms with Crippen molar-refractivity contribution < 1.29 is 4.79 Å². The average molecular weight is 330 g/mol. The molecule has 1 rings (SSSR count). The van der Waals surface area contributed by atoms with E-state index in [4.69, 9.17) is 11.6 Å². The first-order chi connectivity index (χ1) is 10.00. The SMILES string of the molecule is CCNc1cc(C(=O)NCC(CC)(CC)SC)cc(Cl)n1. The fraction of sp³-hybridized carbons (Fsp3) is 0.600. The Hall–Kier alpha value is -0.940. The third-order valence-corrected chi connectivity index (χ3v) is 5.49. The summed E-state index contributed by atoms with van der Waals surface area (Å²) < 4.78 is 0.0942. The molecule has 0 unspecified atom stereocenters. The van der Waals surface area contributed by atoms with Gasteiger partial charge in [0.1, 0.15) is 11.0 Å². The van der Waals surface area contributed by atoms with Crippen molar-refractivity contribution in [2.75, 3.05) is 24.7 Å². The number of halogens is 1. The summed E-state index contributed by atoms with van der Waals surface area (Å²) in [5.74, 6) is 0.510. The second-order valence-electron chi connectivity index (χ2n) is 4.87. The largest absolute Gasteiger partial charge is 0.370 e. The van der Waals surface area contributed by atoms with E-state index in [9.17, 15) is 4.79 Å². The first-order valence-electron chi connectivity index (χ1n) is 7.25. The van der Waals surface area contributed by atoms with Gasteiger partial charge in [-0.2, -0.15) is 11.8 Å². The van der Waals surface area contributed by atoms with Crippen molar-refractivity contribution in [3.05, 3.63) is 22.8 Å². The lowest BCUT2D eigenvalue weighted by atomic mass is 10.0. The molecule has 4 nitrogen and oxygen atoms in total. The van der Waals surface area contributed by atoms with Crippen molar-refractivity contribution in [2.24, 2.45) is 0 Å². The van der Waals surface area contributed by atoms with Crippen LogP contribution in [-0.2, 0) is 0 Å². The van der Waals surface area contributed by atoms with Gasteiger partial charge in [-0.25, -0.2) is 4.98 Å². The molecule has 1 amide bonds. The van der Waals surface area contributed by atoms with Gasteiger partial charge in [0.15, 0.2) is 0 Å². The zero-order chi connectivity index (χ0) is 15.9. The Labute approximate surface area is 136 Å². The van der Waals surface area contributed by atoms with E-state index in [1.807, 2.05) is 6.92 Å². The minimum Gasteiger partial charge on any atom is -0.370 e. The van der Waals surface area contributed by atoms with Gasteiger partial charge in [-0.15, -0.1) is 0 Å². The van der Waals surface area contributed by atoms with Crippen molar-refractivity contribution in [3.8, 4) is 0 Å². The number of hydrogen-bond donors (Lipinski definition) is 2. The number of rotatable bonds is 8. The lowest BCUT2D eigenvalue weighted by Crippen LogP contribution is -2.39. The molecule has 0 aliphatic carbocycles. The molecule has 0 aromatic carbocycles. The summed E-state index contributed by atoms with van der Waals surface area (Å²) in [4.78, 5) is 16.4. The van der Waals surface area contributed by atoms with Crippen molar-refractivity contribution >= 4 is 35.1 Å². The summed E-state index contributed by atoms with van der Waals surface area (Å²) >= 11 is 7.77. The van der Waals surface area contributed by atoms with Crippen LogP contribution in [0.5, 0.6) is 0 Å². The summed E-state index contributed by atoms with van der Waals surface area (Å²) in [6.45, 7) is 7.65. The van der Waals surface area contributed by atoms with Crippen LogP contribution in [0.2, 0.25) is 5.15 Å². The molecule has 0 radical (unpaired) electrons. The van der Waals surface area contributed by atoms with Crippen molar-refractivity contribution in [1.29, 1.82) is 0 Å². The maximum absolute atomic E-state index is 12.3. The lowest BCUT2D eigenvalue weighted by molar-refractivity contribution is 0.0949. The van der Waals surface area contributed by atoms with E-state index in [2.05, 4.69) is 35.7 Å². The van der Waals surface area contributed by atoms with Crippen LogP contribution in [0.3, 0.4) is 0 Å². The van der Waals surface area contributed by atoms with Crippen molar-refractivity contribution in [2.45, 2.75) is 38.4 Å². The highest BCUT2D eigenvalue weighted by Gasteiger charge is 2.25. The van der Waals surface area contributed by atoms with Crippen molar-refractivity contribution in [1.82, 2.24) is 10.3 Å². The zero-order valence-corrected chi connectivity index (χ0v) is 14.7. The Kier molecular flexibility index (Phi) is 7.32. The van der Waals surface area contributed by atoms with Gasteiger partial charge in [-0.3, -0.25) is 4.79 Å². The minimum atomic E-state index is -0.112. The summed E-state index contributed by atoms with van der Waals surface area (Å²) in [6.07, 6.45) is 4.13. The molecule has 1 aromatic heterocycles. The van der Waals surface area contributed by atoms with E-state index in [1.165, 1.54) is 0 Å². The highest BCUT2D eigenvalue weighted by molar-refractivity contribution is 8.00. The van der Waals surface area contributed by atoms with E-state index in [1.54, 1.807) is 23.9 Å². The van der Waals surface area contributed by atoms with Crippen LogP contribution in [-0.4, -0.2) is 35.0 Å². The molecule has 0 aliphatic rings. The topological polar surface area (TPSA) is 54.0 Å². The molecular weight excluding hydrogens is 306 g/mol. The number of amides is 1. The fourth-order valence-corrected chi connectivity index (χ4v) is 3.11. The third kappa shape index (κ3) is 5.08. The van der Waals surface area contributed by atoms with Gasteiger partial charge < -0.3 is 10.6 Å². The van der Waals surface area contributed by atoms with Gasteiger partial charge in [-0.05, 0) is 38.2 Å². The van der Waals surface area contributed by atoms with E-state index >= 15 is 0 Å². The predicted octanol–water partition coefficient (Wildman–Crippen LogP) is 3.82. The molecule has 6 heteroatoms. The van der Waals surface area contributed by atoms with Crippen LogP contribution in [0.15, 0.2) is 12.1 Å². The number of nitrogens with one attached hydrogen (secondary N) is 2. The zero-order valence-electron chi connectivity index (χ0n) is 13.1. The second-order valence-corrected chi connectivity index (χ2v) is 6.53. The Morgan fingerprint density at radius 1 is 1.33 bits per heavy atom. The Morgan fingerprint density at radius 3 is 2.52 bits per heavy atom. The number of nitrogens with zero attached hydrogens (tertiary/aromatic N) is 1. The number of carbonyl (C=O) groups is 1. The van der Waals surface area contributed by atoms with Gasteiger partial charge in [0.2, 0.25) is 0 Å². The van der Waals surface area contributed by atoms with Crippen LogP contribution in [0.1, 0.15) is 44.0 Å². The summed E-state index contributed by atoms with van der Waals surface area (Å²) in [6, 6.07) is 3.32. The maximum atomic E-state index is 12.3. The van der Waals surface area contributed by atoms with E-state index < -0.39 is 0 Å². The van der Waals surface area contributed by atoms with Gasteiger partial charge >= 0.3 is 0 Å². The normalized spacial score (nSPS) is 11.3. The van der Waals surface area contributed by atoms with Gasteiger partial charge in [-0.1, -0.05) is 25.4 Å². The maximum Gasteiger partial charge on any atom is 0.251 e. The summed E-state index contributed by atoms with van der Waals surface area (Å²) in [5.41, 5.74) is 0.535. The number of carbonyl (C=O) groups excluding carboxylic acids is 1. The molecule has 0 spiro atoms. The van der Waals surface area contributed by atoms with Gasteiger partial charge in [0.05, 0.1) is 0 Å². The van der Waals surface area contributed by atoms with Gasteiger partial charge in [0.25, 0.3) is 5.91 Å². The lowest BCUT2D eigenvalue weighted by Gasteiger charge is -2.29. The molecule has 1 heterocycles. The standard InChI is InChI=1S/C15H24ClN3OS/c1-5-15(6-2,21-4)10-18-14(20)11-8-12(16)19-13(9-11)17-7-3/h8-9H,5-7,10H2,1-4H3,(H,17,19)(H,18,20). The number of thioether (sulfide) groups is 1. The molecule has 0 aliphatic heterocycles. The van der Waals surface area contributed by atoms with Crippen LogP contribution in [0.4, 0.5) is 5.82 Å². The Morgan fingerprint density at radius 2 is 2.00 bits per heavy atom. The number of hydrogen-bond acceptors (Lipinski definition) is 4. The smallest absolute Gasteiger partial charge is 0.251 e. The van der Waals surface area contributed by atoms with Crippen LogP contribution < -0.4 is 10.6 Å². The fourth-order valence-electron chi connectivity index (χ4n) is 2.10. The molecule has 0 fully saturated rings. The molecule has 0 saturated carbocycles. The third-order valence-electron chi connectivity index (χ3n) is 3.71. The molecule has 0 saturated heterocycles. The van der Waals surface area contributed by atoms with Crippen LogP contribution in [0, 0.1) is 0 Å². The summed E-state index contributed by atoms with van der Waals surface area (Å²) in [5, 5.41) is 6.41. The monoisotopic (exact) mass is 329 g/mol. The number of anilines is 1. The highest BCUT2D eigenvalue weighted by atomic mass is 35.5. The molecule has 21 heavy (non-hydrogen) atoms. The average Bonchev–Trinajstić information content (AvgIpc) is 2.48. The molecule has 2 N–H and O–H groups in total. The first kappa shape index (κ1) is 18.1. The summed E-state index contributed by atoms with van der Waals surface area (Å²) in [7, 11) is 0. The molecule has 118 valence electrons. The van der Waals surface area contributed by atoms with Gasteiger partial charge in [0, 0.05) is 23.4 Å². The van der Waals surface area contributed by atoms with E-state index in [0.717, 1.165) is 19.4 Å². The molecule has 0 bridgehead atoms. The molecule has 1 aromatic rings. The molecule has 0 atom stereocenters. The second kappa shape index (κ2) is 8.49.